The van der Waals surface area contributed by atoms with Crippen LogP contribution in [0.3, 0.4) is 0 Å². The second kappa shape index (κ2) is 8.43. The first kappa shape index (κ1) is 20.5. The summed E-state index contributed by atoms with van der Waals surface area (Å²) in [6, 6.07) is 12.7. The Labute approximate surface area is 170 Å². The first-order valence-electron chi connectivity index (χ1n) is 8.98. The van der Waals surface area contributed by atoms with E-state index in [0.717, 1.165) is 22.2 Å². The van der Waals surface area contributed by atoms with E-state index in [1.165, 1.54) is 6.07 Å². The highest BCUT2D eigenvalue weighted by Crippen LogP contribution is 2.32. The summed E-state index contributed by atoms with van der Waals surface area (Å²) in [6.07, 6.45) is -4.36. The Kier molecular flexibility index (Phi) is 6.17. The van der Waals surface area contributed by atoms with Crippen molar-refractivity contribution in [3.8, 4) is 0 Å². The summed E-state index contributed by atoms with van der Waals surface area (Å²) in [4.78, 5) is 16.1. The Balaban J connectivity index is 1.58. The number of nitrogens with zero attached hydrogens (tertiary/aromatic N) is 2. The van der Waals surface area contributed by atoms with Crippen LogP contribution < -0.4 is 10.2 Å². The van der Waals surface area contributed by atoms with E-state index in [9.17, 15) is 18.0 Å². The number of carbonyl (C=O) groups is 1. The van der Waals surface area contributed by atoms with Gasteiger partial charge in [0.1, 0.15) is 0 Å². The minimum Gasteiger partial charge on any atom is -0.368 e. The van der Waals surface area contributed by atoms with Crippen molar-refractivity contribution in [3.63, 3.8) is 0 Å². The predicted octanol–water partition coefficient (Wildman–Crippen LogP) is 5.06. The second-order valence-corrected chi connectivity index (χ2v) is 7.57. The third kappa shape index (κ3) is 4.79. The number of carbonyl (C=O) groups excluding carboxylic acids is 1. The van der Waals surface area contributed by atoms with E-state index in [1.54, 1.807) is 11.0 Å². The number of benzene rings is 2. The van der Waals surface area contributed by atoms with Gasteiger partial charge in [-0.15, -0.1) is 0 Å². The molecule has 2 amide bonds. The Bertz CT molecular complexity index is 835. The first-order chi connectivity index (χ1) is 13.3. The topological polar surface area (TPSA) is 35.6 Å². The van der Waals surface area contributed by atoms with Crippen LogP contribution in [0.2, 0.25) is 0 Å². The zero-order valence-corrected chi connectivity index (χ0v) is 16.9. The van der Waals surface area contributed by atoms with Crippen molar-refractivity contribution in [3.05, 3.63) is 64.1 Å². The van der Waals surface area contributed by atoms with Gasteiger partial charge in [-0.2, -0.15) is 13.2 Å². The molecule has 0 spiro atoms. The van der Waals surface area contributed by atoms with Crippen LogP contribution in [0, 0.1) is 0 Å². The predicted molar refractivity (Wildman–Crippen MR) is 106 cm³/mol. The van der Waals surface area contributed by atoms with Gasteiger partial charge in [0.15, 0.2) is 0 Å². The van der Waals surface area contributed by atoms with E-state index in [-0.39, 0.29) is 12.1 Å². The molecule has 1 N–H and O–H groups in total. The molecule has 0 radical (unpaired) electrons. The van der Waals surface area contributed by atoms with Crippen LogP contribution in [0.15, 0.2) is 53.0 Å². The molecule has 1 aliphatic rings. The first-order valence-corrected chi connectivity index (χ1v) is 9.77. The number of halogens is 4. The maximum Gasteiger partial charge on any atom is 0.416 e. The molecule has 0 aromatic heterocycles. The average molecular weight is 456 g/mol. The summed E-state index contributed by atoms with van der Waals surface area (Å²) in [7, 11) is 0. The number of anilines is 1. The molecule has 1 saturated heterocycles. The lowest BCUT2D eigenvalue weighted by Crippen LogP contribution is -2.52. The van der Waals surface area contributed by atoms with Crippen LogP contribution in [0.5, 0.6) is 0 Å². The highest BCUT2D eigenvalue weighted by molar-refractivity contribution is 9.10. The number of piperazine rings is 1. The Morgan fingerprint density at radius 3 is 2.39 bits per heavy atom. The monoisotopic (exact) mass is 455 g/mol. The van der Waals surface area contributed by atoms with Crippen LogP contribution in [0.4, 0.5) is 23.7 Å². The van der Waals surface area contributed by atoms with Crippen molar-refractivity contribution < 1.29 is 18.0 Å². The smallest absolute Gasteiger partial charge is 0.368 e. The van der Waals surface area contributed by atoms with Crippen LogP contribution >= 0.6 is 15.9 Å². The largest absolute Gasteiger partial charge is 0.416 e. The van der Waals surface area contributed by atoms with E-state index in [2.05, 4.69) is 21.2 Å². The molecule has 8 heteroatoms. The molecule has 0 bridgehead atoms. The van der Waals surface area contributed by atoms with E-state index in [4.69, 9.17) is 0 Å². The Morgan fingerprint density at radius 1 is 1.07 bits per heavy atom. The molecule has 1 unspecified atom stereocenters. The van der Waals surface area contributed by atoms with Gasteiger partial charge in [-0.3, -0.25) is 0 Å². The van der Waals surface area contributed by atoms with Crippen molar-refractivity contribution >= 4 is 27.6 Å². The molecule has 3 rings (SSSR count). The third-order valence-electron chi connectivity index (χ3n) is 4.82. The molecule has 1 atom stereocenters. The molecule has 28 heavy (non-hydrogen) atoms. The maximum atomic E-state index is 12.9. The summed E-state index contributed by atoms with van der Waals surface area (Å²) in [5.41, 5.74) is 0.849. The molecular formula is C20H21BrF3N3O. The minimum atomic E-state index is -4.36. The zero-order chi connectivity index (χ0) is 20.3. The van der Waals surface area contributed by atoms with Crippen molar-refractivity contribution in [1.82, 2.24) is 10.2 Å². The van der Waals surface area contributed by atoms with Gasteiger partial charge < -0.3 is 15.1 Å². The van der Waals surface area contributed by atoms with Crippen LogP contribution in [-0.4, -0.2) is 37.1 Å². The number of nitrogens with one attached hydrogen (secondary N) is 1. The number of urea groups is 1. The van der Waals surface area contributed by atoms with Crippen molar-refractivity contribution in [2.75, 3.05) is 31.1 Å². The number of alkyl halides is 3. The fourth-order valence-electron chi connectivity index (χ4n) is 3.23. The molecule has 2 aromatic carbocycles. The van der Waals surface area contributed by atoms with E-state index >= 15 is 0 Å². The number of amides is 2. The quantitative estimate of drug-likeness (QED) is 0.701. The number of hydrogen-bond acceptors (Lipinski definition) is 2. The van der Waals surface area contributed by atoms with Gasteiger partial charge in [0.25, 0.3) is 0 Å². The Hall–Kier alpha value is -2.22. The van der Waals surface area contributed by atoms with Crippen molar-refractivity contribution in [2.45, 2.75) is 19.1 Å². The van der Waals surface area contributed by atoms with Gasteiger partial charge in [-0.25, -0.2) is 4.79 Å². The van der Waals surface area contributed by atoms with E-state index < -0.39 is 11.7 Å². The minimum absolute atomic E-state index is 0.162. The second-order valence-electron chi connectivity index (χ2n) is 6.71. The van der Waals surface area contributed by atoms with Gasteiger partial charge in [0.2, 0.25) is 0 Å². The Morgan fingerprint density at radius 2 is 1.75 bits per heavy atom. The molecular weight excluding hydrogens is 435 g/mol. The fraction of sp³-hybridized carbons (Fsp3) is 0.350. The summed E-state index contributed by atoms with van der Waals surface area (Å²) in [6.45, 7) is 3.78. The highest BCUT2D eigenvalue weighted by atomic mass is 79.9. The molecule has 1 heterocycles. The standard InChI is InChI=1S/C20H21BrF3N3O/c1-14(17-7-2-3-8-18(17)21)25-19(28)27-11-9-26(10-12-27)16-6-4-5-15(13-16)20(22,23)24/h2-8,13-14H,9-12H2,1H3,(H,25,28). The van der Waals surface area contributed by atoms with Crippen LogP contribution in [0.25, 0.3) is 0 Å². The lowest BCUT2D eigenvalue weighted by molar-refractivity contribution is -0.137. The van der Waals surface area contributed by atoms with Crippen molar-refractivity contribution in [2.24, 2.45) is 0 Å². The van der Waals surface area contributed by atoms with E-state index in [0.29, 0.717) is 31.9 Å². The average Bonchev–Trinajstić information content (AvgIpc) is 2.68. The van der Waals surface area contributed by atoms with Gasteiger partial charge in [-0.1, -0.05) is 40.2 Å². The molecule has 1 fully saturated rings. The van der Waals surface area contributed by atoms with E-state index in [1.807, 2.05) is 36.1 Å². The van der Waals surface area contributed by atoms with Gasteiger partial charge in [0.05, 0.1) is 11.6 Å². The van der Waals surface area contributed by atoms with Crippen LogP contribution in [-0.2, 0) is 6.18 Å². The molecule has 0 saturated carbocycles. The molecule has 0 aliphatic carbocycles. The van der Waals surface area contributed by atoms with Gasteiger partial charge in [0, 0.05) is 36.3 Å². The zero-order valence-electron chi connectivity index (χ0n) is 15.3. The van der Waals surface area contributed by atoms with Gasteiger partial charge in [-0.05, 0) is 36.8 Å². The van der Waals surface area contributed by atoms with Crippen molar-refractivity contribution in [1.29, 1.82) is 0 Å². The molecule has 4 nitrogen and oxygen atoms in total. The summed E-state index contributed by atoms with van der Waals surface area (Å²) >= 11 is 3.48. The summed E-state index contributed by atoms with van der Waals surface area (Å²) < 4.78 is 39.7. The molecule has 1 aliphatic heterocycles. The summed E-state index contributed by atoms with van der Waals surface area (Å²) in [5, 5.41) is 2.98. The van der Waals surface area contributed by atoms with Crippen LogP contribution in [0.1, 0.15) is 24.1 Å². The maximum absolute atomic E-state index is 12.9. The third-order valence-corrected chi connectivity index (χ3v) is 5.54. The lowest BCUT2D eigenvalue weighted by atomic mass is 10.1. The number of hydrogen-bond donors (Lipinski definition) is 1. The SMILES string of the molecule is CC(NC(=O)N1CCN(c2cccc(C(F)(F)F)c2)CC1)c1ccccc1Br. The fourth-order valence-corrected chi connectivity index (χ4v) is 3.86. The molecule has 150 valence electrons. The highest BCUT2D eigenvalue weighted by Gasteiger charge is 2.31. The van der Waals surface area contributed by atoms with Gasteiger partial charge >= 0.3 is 12.2 Å². The lowest BCUT2D eigenvalue weighted by Gasteiger charge is -2.36. The molecule has 2 aromatic rings. The summed E-state index contributed by atoms with van der Waals surface area (Å²) in [5.74, 6) is 0. The number of rotatable bonds is 3. The normalized spacial score (nSPS) is 16.0.